The van der Waals surface area contributed by atoms with E-state index in [2.05, 4.69) is 47.4 Å². The average Bonchev–Trinajstić information content (AvgIpc) is 2.88. The quantitative estimate of drug-likeness (QED) is 0.375. The largest absolute Gasteiger partial charge is 0.303 e. The Balaban J connectivity index is 0.00000324. The van der Waals surface area contributed by atoms with Crippen LogP contribution in [0.1, 0.15) is 42.2 Å². The van der Waals surface area contributed by atoms with Crippen molar-refractivity contribution in [3.8, 4) is 0 Å². The van der Waals surface area contributed by atoms with Crippen LogP contribution in [0.3, 0.4) is 0 Å². The van der Waals surface area contributed by atoms with E-state index in [-0.39, 0.29) is 18.3 Å². The van der Waals surface area contributed by atoms with Crippen LogP contribution in [0, 0.1) is 0 Å². The van der Waals surface area contributed by atoms with E-state index < -0.39 is 10.0 Å². The van der Waals surface area contributed by atoms with Crippen molar-refractivity contribution >= 4 is 22.4 Å². The number of likely N-dealkylation sites (tertiary alicyclic amines) is 1. The van der Waals surface area contributed by atoms with Gasteiger partial charge in [-0.25, -0.2) is 12.7 Å². The molecule has 0 aliphatic carbocycles. The summed E-state index contributed by atoms with van der Waals surface area (Å²) in [6.45, 7) is 3.65. The van der Waals surface area contributed by atoms with Crippen LogP contribution in [-0.2, 0) is 10.0 Å². The Morgan fingerprint density at radius 3 is 1.97 bits per heavy atom. The molecular formula is C28H35ClN2O2S. The molecule has 4 nitrogen and oxygen atoms in total. The van der Waals surface area contributed by atoms with Gasteiger partial charge in [-0.2, -0.15) is 0 Å². The maximum atomic E-state index is 13.1. The predicted octanol–water partition coefficient (Wildman–Crippen LogP) is 5.78. The number of benzene rings is 3. The topological polar surface area (TPSA) is 40.6 Å². The number of piperidine rings is 1. The number of nitrogens with zero attached hydrogens (tertiary/aromatic N) is 2. The van der Waals surface area contributed by atoms with E-state index in [4.69, 9.17) is 0 Å². The van der Waals surface area contributed by atoms with E-state index in [1.54, 1.807) is 31.3 Å². The van der Waals surface area contributed by atoms with E-state index in [1.807, 2.05) is 24.3 Å². The zero-order chi connectivity index (χ0) is 23.1. The van der Waals surface area contributed by atoms with Crippen LogP contribution < -0.4 is 0 Å². The molecule has 3 aromatic carbocycles. The Hall–Kier alpha value is -2.18. The highest BCUT2D eigenvalue weighted by Crippen LogP contribution is 2.29. The molecule has 0 saturated carbocycles. The molecule has 1 heterocycles. The Bertz CT molecular complexity index is 1090. The molecular weight excluding hydrogens is 464 g/mol. The maximum Gasteiger partial charge on any atom is 0.242 e. The summed E-state index contributed by atoms with van der Waals surface area (Å²) in [7, 11) is -1.81. The molecule has 4 rings (SSSR count). The van der Waals surface area contributed by atoms with Crippen LogP contribution in [0.5, 0.6) is 0 Å². The first kappa shape index (κ1) is 26.4. The van der Waals surface area contributed by atoms with E-state index in [9.17, 15) is 8.42 Å². The van der Waals surface area contributed by atoms with Gasteiger partial charge in [-0.05, 0) is 74.0 Å². The first-order chi connectivity index (χ1) is 16.0. The van der Waals surface area contributed by atoms with Crippen molar-refractivity contribution in [2.24, 2.45) is 0 Å². The molecule has 0 amide bonds. The van der Waals surface area contributed by atoms with Gasteiger partial charge in [0.15, 0.2) is 0 Å². The van der Waals surface area contributed by atoms with Crippen molar-refractivity contribution in [3.05, 3.63) is 102 Å². The summed E-state index contributed by atoms with van der Waals surface area (Å²) >= 11 is 0. The molecule has 1 aliphatic heterocycles. The highest BCUT2D eigenvalue weighted by molar-refractivity contribution is 7.89. The van der Waals surface area contributed by atoms with Gasteiger partial charge in [-0.1, -0.05) is 78.9 Å². The van der Waals surface area contributed by atoms with Gasteiger partial charge in [0, 0.05) is 13.6 Å². The number of halogens is 1. The second-order valence-electron chi connectivity index (χ2n) is 9.02. The third kappa shape index (κ3) is 6.70. The molecule has 1 unspecified atom stereocenters. The molecule has 1 atom stereocenters. The fourth-order valence-corrected chi connectivity index (χ4v) is 6.06. The minimum absolute atomic E-state index is 0. The van der Waals surface area contributed by atoms with Gasteiger partial charge in [0.1, 0.15) is 0 Å². The summed E-state index contributed by atoms with van der Waals surface area (Å²) in [4.78, 5) is 2.89. The minimum Gasteiger partial charge on any atom is -0.303 e. The Labute approximate surface area is 211 Å². The molecule has 1 aliphatic rings. The van der Waals surface area contributed by atoms with E-state index in [0.717, 1.165) is 26.1 Å². The van der Waals surface area contributed by atoms with Gasteiger partial charge >= 0.3 is 0 Å². The molecule has 34 heavy (non-hydrogen) atoms. The van der Waals surface area contributed by atoms with Gasteiger partial charge in [-0.15, -0.1) is 12.4 Å². The molecule has 6 heteroatoms. The van der Waals surface area contributed by atoms with Crippen molar-refractivity contribution in [3.63, 3.8) is 0 Å². The van der Waals surface area contributed by atoms with Crippen LogP contribution in [0.15, 0.2) is 95.9 Å². The number of rotatable bonds is 9. The zero-order valence-corrected chi connectivity index (χ0v) is 21.4. The highest BCUT2D eigenvalue weighted by atomic mass is 35.5. The van der Waals surface area contributed by atoms with Crippen molar-refractivity contribution < 1.29 is 8.42 Å². The Kier molecular flexibility index (Phi) is 9.72. The summed E-state index contributed by atoms with van der Waals surface area (Å²) in [5.41, 5.74) is 2.65. The highest BCUT2D eigenvalue weighted by Gasteiger charge is 2.26. The summed E-state index contributed by atoms with van der Waals surface area (Å²) in [5, 5.41) is 0. The number of likely N-dealkylation sites (N-methyl/N-ethyl adjacent to an activating group) is 1. The van der Waals surface area contributed by atoms with Gasteiger partial charge in [0.2, 0.25) is 10.0 Å². The van der Waals surface area contributed by atoms with Crippen LogP contribution in [0.25, 0.3) is 0 Å². The van der Waals surface area contributed by atoms with E-state index in [0.29, 0.717) is 17.4 Å². The van der Waals surface area contributed by atoms with E-state index in [1.165, 1.54) is 28.3 Å². The molecule has 0 radical (unpaired) electrons. The minimum atomic E-state index is -3.50. The number of hydrogen-bond donors (Lipinski definition) is 0. The van der Waals surface area contributed by atoms with Crippen LogP contribution in [0.4, 0.5) is 0 Å². The van der Waals surface area contributed by atoms with Crippen molar-refractivity contribution in [2.75, 3.05) is 33.2 Å². The summed E-state index contributed by atoms with van der Waals surface area (Å²) in [5.74, 6) is 0.802. The second-order valence-corrected chi connectivity index (χ2v) is 11.1. The third-order valence-corrected chi connectivity index (χ3v) is 8.69. The molecule has 0 bridgehead atoms. The van der Waals surface area contributed by atoms with Gasteiger partial charge in [-0.3, -0.25) is 0 Å². The molecule has 182 valence electrons. The molecule has 1 saturated heterocycles. The monoisotopic (exact) mass is 498 g/mol. The standard InChI is InChI=1S/C28H34N2O2S.ClH/c1-29(33(31,32)28-15-9-4-10-16-28)23-27(25-13-7-3-8-14-25)19-22-30-20-17-26(18-21-30)24-11-5-2-6-12-24;/h2-16,26-27H,17-23H2,1H3;1H. The summed E-state index contributed by atoms with van der Waals surface area (Å²) in [6.07, 6.45) is 3.30. The molecule has 3 aromatic rings. The zero-order valence-electron chi connectivity index (χ0n) is 19.8. The lowest BCUT2D eigenvalue weighted by molar-refractivity contribution is 0.203. The normalized spacial score (nSPS) is 16.2. The van der Waals surface area contributed by atoms with Crippen molar-refractivity contribution in [2.45, 2.75) is 36.0 Å². The van der Waals surface area contributed by atoms with Gasteiger partial charge in [0.05, 0.1) is 4.90 Å². The maximum absolute atomic E-state index is 13.1. The third-order valence-electron chi connectivity index (χ3n) is 6.85. The molecule has 1 fully saturated rings. The number of hydrogen-bond acceptors (Lipinski definition) is 3. The lowest BCUT2D eigenvalue weighted by atomic mass is 9.89. The van der Waals surface area contributed by atoms with Gasteiger partial charge in [0.25, 0.3) is 0 Å². The van der Waals surface area contributed by atoms with E-state index >= 15 is 0 Å². The fourth-order valence-electron chi connectivity index (χ4n) is 4.82. The van der Waals surface area contributed by atoms with Crippen LogP contribution in [0.2, 0.25) is 0 Å². The lowest BCUT2D eigenvalue weighted by Gasteiger charge is -2.33. The summed E-state index contributed by atoms with van der Waals surface area (Å²) < 4.78 is 27.7. The van der Waals surface area contributed by atoms with Crippen molar-refractivity contribution in [1.82, 2.24) is 9.21 Å². The first-order valence-corrected chi connectivity index (χ1v) is 13.3. The fraction of sp³-hybridized carbons (Fsp3) is 0.357. The average molecular weight is 499 g/mol. The Morgan fingerprint density at radius 1 is 0.853 bits per heavy atom. The SMILES string of the molecule is CN(CC(CCN1CCC(c2ccccc2)CC1)c1ccccc1)S(=O)(=O)c1ccccc1.Cl. The molecule has 0 spiro atoms. The number of sulfonamides is 1. The van der Waals surface area contributed by atoms with Crippen molar-refractivity contribution in [1.29, 1.82) is 0 Å². The first-order valence-electron chi connectivity index (χ1n) is 11.9. The van der Waals surface area contributed by atoms with Crippen LogP contribution >= 0.6 is 12.4 Å². The molecule has 0 N–H and O–H groups in total. The smallest absolute Gasteiger partial charge is 0.242 e. The summed E-state index contributed by atoms with van der Waals surface area (Å²) in [6, 6.07) is 29.9. The molecule has 0 aromatic heterocycles. The van der Waals surface area contributed by atoms with Gasteiger partial charge < -0.3 is 4.90 Å². The lowest BCUT2D eigenvalue weighted by Crippen LogP contribution is -2.36. The Morgan fingerprint density at radius 2 is 1.38 bits per heavy atom. The second kappa shape index (κ2) is 12.5. The van der Waals surface area contributed by atoms with Crippen LogP contribution in [-0.4, -0.2) is 50.8 Å². The predicted molar refractivity (Wildman–Crippen MR) is 142 cm³/mol.